The molecule has 31 heavy (non-hydrogen) atoms. The van der Waals surface area contributed by atoms with Gasteiger partial charge in [-0.15, -0.1) is 0 Å². The smallest absolute Gasteiger partial charge is 0.191 e. The first-order chi connectivity index (χ1) is 15.2. The number of imidazole rings is 1. The van der Waals surface area contributed by atoms with Gasteiger partial charge < -0.3 is 25.1 Å². The Bertz CT molecular complexity index is 991. The molecule has 3 N–H and O–H groups in total. The van der Waals surface area contributed by atoms with Gasteiger partial charge in [0.15, 0.2) is 5.96 Å². The fourth-order valence-corrected chi connectivity index (χ4v) is 3.72. The van der Waals surface area contributed by atoms with Crippen molar-refractivity contribution in [2.45, 2.75) is 38.8 Å². The minimum atomic E-state index is 0.203. The highest BCUT2D eigenvalue weighted by Gasteiger charge is 2.17. The summed E-state index contributed by atoms with van der Waals surface area (Å²) in [4.78, 5) is 12.3. The predicted octanol–water partition coefficient (Wildman–Crippen LogP) is 3.34. The number of hydrogen-bond acceptors (Lipinski definition) is 4. The summed E-state index contributed by atoms with van der Waals surface area (Å²) in [6.45, 7) is 4.88. The third kappa shape index (κ3) is 5.76. The number of benzene rings is 2. The molecule has 7 nitrogen and oxygen atoms in total. The summed E-state index contributed by atoms with van der Waals surface area (Å²) in [6, 6.07) is 14.4. The Morgan fingerprint density at radius 2 is 2.16 bits per heavy atom. The van der Waals surface area contributed by atoms with Crippen LogP contribution in [-0.2, 0) is 17.7 Å². The fourth-order valence-electron chi connectivity index (χ4n) is 3.72. The molecule has 1 atom stereocenters. The number of H-pyrrole nitrogens is 1. The second-order valence-corrected chi connectivity index (χ2v) is 7.86. The van der Waals surface area contributed by atoms with Crippen LogP contribution < -0.4 is 15.4 Å². The number of fused-ring (bicyclic) bond motifs is 1. The van der Waals surface area contributed by atoms with Gasteiger partial charge >= 0.3 is 0 Å². The van der Waals surface area contributed by atoms with Gasteiger partial charge in [-0.3, -0.25) is 4.99 Å². The number of aliphatic imine (C=N–C) groups is 1. The van der Waals surface area contributed by atoms with Crippen molar-refractivity contribution in [2.24, 2.45) is 4.99 Å². The zero-order chi connectivity index (χ0) is 21.5. The van der Waals surface area contributed by atoms with E-state index in [4.69, 9.17) is 9.47 Å². The molecule has 2 aromatic carbocycles. The number of rotatable bonds is 8. The van der Waals surface area contributed by atoms with E-state index >= 15 is 0 Å². The molecule has 1 aromatic heterocycles. The number of aryl methyl sites for hydroxylation is 1. The lowest BCUT2D eigenvalue weighted by atomic mass is 10.1. The molecular formula is C24H31N5O2. The van der Waals surface area contributed by atoms with Crippen molar-refractivity contribution < 1.29 is 9.47 Å². The number of nitrogens with zero attached hydrogens (tertiary/aromatic N) is 2. The van der Waals surface area contributed by atoms with Gasteiger partial charge in [0.2, 0.25) is 0 Å². The number of hydrogen-bond donors (Lipinski definition) is 3. The molecule has 4 rings (SSSR count). The van der Waals surface area contributed by atoms with Crippen LogP contribution >= 0.6 is 0 Å². The lowest BCUT2D eigenvalue weighted by molar-refractivity contribution is 0.0676. The molecule has 164 valence electrons. The first-order valence-electron chi connectivity index (χ1n) is 10.9. The normalized spacial score (nSPS) is 16.6. The highest BCUT2D eigenvalue weighted by molar-refractivity contribution is 5.79. The maximum absolute atomic E-state index is 6.10. The van der Waals surface area contributed by atoms with Crippen LogP contribution in [0.25, 0.3) is 11.0 Å². The van der Waals surface area contributed by atoms with Crippen molar-refractivity contribution in [3.8, 4) is 5.75 Å². The van der Waals surface area contributed by atoms with E-state index in [1.54, 1.807) is 7.05 Å². The molecule has 1 aliphatic rings. The van der Waals surface area contributed by atoms with E-state index in [0.29, 0.717) is 13.2 Å². The fraction of sp³-hybridized carbons (Fsp3) is 0.417. The molecule has 0 bridgehead atoms. The van der Waals surface area contributed by atoms with Crippen LogP contribution in [0.3, 0.4) is 0 Å². The molecule has 0 amide bonds. The molecule has 2 heterocycles. The highest BCUT2D eigenvalue weighted by atomic mass is 16.5. The monoisotopic (exact) mass is 421 g/mol. The summed E-state index contributed by atoms with van der Waals surface area (Å²) in [6.07, 6.45) is 3.18. The summed E-state index contributed by atoms with van der Waals surface area (Å²) in [5.74, 6) is 2.62. The summed E-state index contributed by atoms with van der Waals surface area (Å²) >= 11 is 0. The minimum absolute atomic E-state index is 0.203. The van der Waals surface area contributed by atoms with Crippen LogP contribution in [0.1, 0.15) is 29.8 Å². The molecular weight excluding hydrogens is 390 g/mol. The van der Waals surface area contributed by atoms with Crippen LogP contribution in [0.4, 0.5) is 0 Å². The van der Waals surface area contributed by atoms with Gasteiger partial charge in [-0.05, 0) is 43.5 Å². The Kier molecular flexibility index (Phi) is 7.04. The van der Waals surface area contributed by atoms with Gasteiger partial charge in [0.05, 0.1) is 17.1 Å². The number of para-hydroxylation sites is 2. The molecule has 0 radical (unpaired) electrons. The van der Waals surface area contributed by atoms with E-state index in [1.807, 2.05) is 24.3 Å². The summed E-state index contributed by atoms with van der Waals surface area (Å²) < 4.78 is 11.8. The van der Waals surface area contributed by atoms with E-state index in [-0.39, 0.29) is 6.10 Å². The molecule has 1 fully saturated rings. The van der Waals surface area contributed by atoms with Gasteiger partial charge in [-0.25, -0.2) is 4.98 Å². The number of aromatic nitrogens is 2. The Morgan fingerprint density at radius 3 is 2.97 bits per heavy atom. The minimum Gasteiger partial charge on any atom is -0.491 e. The topological polar surface area (TPSA) is 83.6 Å². The van der Waals surface area contributed by atoms with E-state index in [1.165, 1.54) is 5.56 Å². The van der Waals surface area contributed by atoms with Crippen molar-refractivity contribution in [1.82, 2.24) is 20.6 Å². The van der Waals surface area contributed by atoms with Crippen molar-refractivity contribution in [2.75, 3.05) is 26.8 Å². The molecule has 1 saturated heterocycles. The Labute approximate surface area is 183 Å². The molecule has 0 saturated carbocycles. The molecule has 1 aliphatic heterocycles. The van der Waals surface area contributed by atoms with Crippen LogP contribution in [0.5, 0.6) is 5.75 Å². The average molecular weight is 422 g/mol. The van der Waals surface area contributed by atoms with Crippen LogP contribution in [0.15, 0.2) is 47.5 Å². The number of ether oxygens (including phenoxy) is 2. The summed E-state index contributed by atoms with van der Waals surface area (Å²) in [5, 5.41) is 6.74. The first-order valence-corrected chi connectivity index (χ1v) is 10.9. The third-order valence-corrected chi connectivity index (χ3v) is 5.43. The molecule has 3 aromatic rings. The second kappa shape index (κ2) is 10.3. The molecule has 1 unspecified atom stereocenters. The Hall–Kier alpha value is -3.06. The number of nitrogens with one attached hydrogen (secondary N) is 3. The standard InChI is InChI=1S/C24H31N5O2/c1-17-9-10-18(22(14-17)31-16-19-6-5-13-30-19)15-27-24(25-2)26-12-11-23-28-20-7-3-4-8-21(20)29-23/h3-4,7-10,14,19H,5-6,11-13,15-16H2,1-2H3,(H,28,29)(H2,25,26,27). The number of guanidine groups is 1. The lowest BCUT2D eigenvalue weighted by Gasteiger charge is -2.17. The third-order valence-electron chi connectivity index (χ3n) is 5.43. The molecule has 0 spiro atoms. The van der Waals surface area contributed by atoms with Crippen LogP contribution in [0, 0.1) is 6.92 Å². The van der Waals surface area contributed by atoms with Crippen molar-refractivity contribution >= 4 is 17.0 Å². The van der Waals surface area contributed by atoms with E-state index < -0.39 is 0 Å². The largest absolute Gasteiger partial charge is 0.491 e. The van der Waals surface area contributed by atoms with E-state index in [2.05, 4.69) is 50.7 Å². The van der Waals surface area contributed by atoms with Crippen molar-refractivity contribution in [1.29, 1.82) is 0 Å². The first kappa shape index (κ1) is 21.2. The lowest BCUT2D eigenvalue weighted by Crippen LogP contribution is -2.38. The molecule has 0 aliphatic carbocycles. The predicted molar refractivity (Wildman–Crippen MR) is 124 cm³/mol. The molecule has 7 heteroatoms. The highest BCUT2D eigenvalue weighted by Crippen LogP contribution is 2.22. The number of aromatic amines is 1. The van der Waals surface area contributed by atoms with Gasteiger partial charge in [0.1, 0.15) is 18.2 Å². The second-order valence-electron chi connectivity index (χ2n) is 7.86. The van der Waals surface area contributed by atoms with Crippen molar-refractivity contribution in [3.63, 3.8) is 0 Å². The average Bonchev–Trinajstić information content (AvgIpc) is 3.45. The maximum Gasteiger partial charge on any atom is 0.191 e. The van der Waals surface area contributed by atoms with Crippen LogP contribution in [-0.4, -0.2) is 48.8 Å². The van der Waals surface area contributed by atoms with Gasteiger partial charge in [-0.1, -0.05) is 24.3 Å². The maximum atomic E-state index is 6.10. The zero-order valence-electron chi connectivity index (χ0n) is 18.3. The Balaban J connectivity index is 1.28. The SMILES string of the molecule is CN=C(NCCc1nc2ccccc2[nH]1)NCc1ccc(C)cc1OCC1CCCO1. The zero-order valence-corrected chi connectivity index (χ0v) is 18.3. The van der Waals surface area contributed by atoms with Crippen LogP contribution in [0.2, 0.25) is 0 Å². The van der Waals surface area contributed by atoms with E-state index in [9.17, 15) is 0 Å². The van der Waals surface area contributed by atoms with E-state index in [0.717, 1.165) is 66.5 Å². The summed E-state index contributed by atoms with van der Waals surface area (Å²) in [7, 11) is 1.78. The Morgan fingerprint density at radius 1 is 1.26 bits per heavy atom. The quantitative estimate of drug-likeness (QED) is 0.384. The van der Waals surface area contributed by atoms with Gasteiger partial charge in [-0.2, -0.15) is 0 Å². The van der Waals surface area contributed by atoms with Gasteiger partial charge in [0, 0.05) is 38.7 Å². The van der Waals surface area contributed by atoms with Gasteiger partial charge in [0.25, 0.3) is 0 Å². The summed E-state index contributed by atoms with van der Waals surface area (Å²) in [5.41, 5.74) is 4.34. The van der Waals surface area contributed by atoms with Crippen molar-refractivity contribution in [3.05, 3.63) is 59.4 Å².